The first kappa shape index (κ1) is 12.3. The highest BCUT2D eigenvalue weighted by Crippen LogP contribution is 2.24. The summed E-state index contributed by atoms with van der Waals surface area (Å²) in [6.07, 6.45) is 2.49. The van der Waals surface area contributed by atoms with E-state index in [2.05, 4.69) is 21.8 Å². The first-order valence-corrected chi connectivity index (χ1v) is 6.25. The number of pyridine rings is 1. The van der Waals surface area contributed by atoms with Crippen LogP contribution >= 0.6 is 0 Å². The van der Waals surface area contributed by atoms with Gasteiger partial charge >= 0.3 is 0 Å². The lowest BCUT2D eigenvalue weighted by Gasteiger charge is -2.24. The average molecular weight is 235 g/mol. The van der Waals surface area contributed by atoms with Crippen LogP contribution in [0.4, 0.5) is 5.82 Å². The van der Waals surface area contributed by atoms with E-state index in [1.807, 2.05) is 12.1 Å². The fourth-order valence-electron chi connectivity index (χ4n) is 2.26. The highest BCUT2D eigenvalue weighted by atomic mass is 16.3. The van der Waals surface area contributed by atoms with Crippen molar-refractivity contribution in [3.05, 3.63) is 23.9 Å². The summed E-state index contributed by atoms with van der Waals surface area (Å²) in [5.41, 5.74) is 0.928. The van der Waals surface area contributed by atoms with Crippen LogP contribution in [0.3, 0.4) is 0 Å². The topological polar surface area (TPSA) is 39.6 Å². The second-order valence-corrected chi connectivity index (χ2v) is 4.74. The third-order valence-electron chi connectivity index (χ3n) is 3.29. The molecule has 0 saturated carbocycles. The molecule has 1 atom stereocenters. The van der Waals surface area contributed by atoms with Gasteiger partial charge in [-0.3, -0.25) is 0 Å². The van der Waals surface area contributed by atoms with Crippen LogP contribution in [0.1, 0.15) is 25.0 Å². The van der Waals surface area contributed by atoms with Gasteiger partial charge in [-0.15, -0.1) is 0 Å². The van der Waals surface area contributed by atoms with E-state index in [9.17, 15) is 5.11 Å². The van der Waals surface area contributed by atoms with Crippen molar-refractivity contribution < 1.29 is 5.11 Å². The molecule has 94 valence electrons. The Bertz CT molecular complexity index is 367. The van der Waals surface area contributed by atoms with Gasteiger partial charge in [0.05, 0.1) is 6.10 Å². The number of hydrogen-bond acceptors (Lipinski definition) is 4. The standard InChI is InChI=1S/C13H21N3O/c1-11(17)12-5-3-6-14-13(12)16-8-4-7-15(2)9-10-16/h3,5-6,11,17H,4,7-10H2,1-2H3. The number of aliphatic hydroxyl groups is 1. The molecule has 4 nitrogen and oxygen atoms in total. The molecular formula is C13H21N3O. The van der Waals surface area contributed by atoms with Gasteiger partial charge in [-0.2, -0.15) is 0 Å². The molecule has 0 radical (unpaired) electrons. The van der Waals surface area contributed by atoms with E-state index in [4.69, 9.17) is 0 Å². The van der Waals surface area contributed by atoms with Gasteiger partial charge in [-0.25, -0.2) is 4.98 Å². The van der Waals surface area contributed by atoms with Gasteiger partial charge in [0.25, 0.3) is 0 Å². The van der Waals surface area contributed by atoms with E-state index in [1.54, 1.807) is 13.1 Å². The number of likely N-dealkylation sites (N-methyl/N-ethyl adjacent to an activating group) is 1. The van der Waals surface area contributed by atoms with Crippen molar-refractivity contribution in [3.63, 3.8) is 0 Å². The molecule has 1 unspecified atom stereocenters. The SMILES string of the molecule is CC(O)c1cccnc1N1CCCN(C)CC1. The predicted molar refractivity (Wildman–Crippen MR) is 69.2 cm³/mol. The molecule has 1 aliphatic rings. The Morgan fingerprint density at radius 3 is 2.88 bits per heavy atom. The Morgan fingerprint density at radius 1 is 1.29 bits per heavy atom. The molecule has 1 aromatic rings. The first-order valence-electron chi connectivity index (χ1n) is 6.25. The zero-order valence-electron chi connectivity index (χ0n) is 10.6. The summed E-state index contributed by atoms with van der Waals surface area (Å²) in [4.78, 5) is 9.06. The van der Waals surface area contributed by atoms with Crippen LogP contribution in [0.5, 0.6) is 0 Å². The van der Waals surface area contributed by atoms with E-state index >= 15 is 0 Å². The normalized spacial score (nSPS) is 20.1. The van der Waals surface area contributed by atoms with Crippen LogP contribution in [-0.2, 0) is 0 Å². The van der Waals surface area contributed by atoms with Crippen LogP contribution in [0.15, 0.2) is 18.3 Å². The van der Waals surface area contributed by atoms with Crippen molar-refractivity contribution in [2.75, 3.05) is 38.1 Å². The summed E-state index contributed by atoms with van der Waals surface area (Å²) in [7, 11) is 2.15. The molecule has 2 rings (SSSR count). The van der Waals surface area contributed by atoms with Crippen molar-refractivity contribution >= 4 is 5.82 Å². The summed E-state index contributed by atoms with van der Waals surface area (Å²) < 4.78 is 0. The second kappa shape index (κ2) is 5.47. The smallest absolute Gasteiger partial charge is 0.134 e. The van der Waals surface area contributed by atoms with Crippen molar-refractivity contribution in [2.24, 2.45) is 0 Å². The average Bonchev–Trinajstić information content (AvgIpc) is 2.54. The Hall–Kier alpha value is -1.13. The molecule has 1 aromatic heterocycles. The summed E-state index contributed by atoms with van der Waals surface area (Å²) in [5, 5.41) is 9.78. The van der Waals surface area contributed by atoms with E-state index in [0.29, 0.717) is 0 Å². The minimum Gasteiger partial charge on any atom is -0.389 e. The predicted octanol–water partition coefficient (Wildman–Crippen LogP) is 1.28. The molecule has 1 N–H and O–H groups in total. The highest BCUT2D eigenvalue weighted by molar-refractivity contribution is 5.47. The van der Waals surface area contributed by atoms with Gasteiger partial charge in [-0.1, -0.05) is 6.07 Å². The number of hydrogen-bond donors (Lipinski definition) is 1. The Labute approximate surface area is 103 Å². The van der Waals surface area contributed by atoms with E-state index in [1.165, 1.54) is 0 Å². The molecular weight excluding hydrogens is 214 g/mol. The van der Waals surface area contributed by atoms with Crippen LogP contribution in [0.2, 0.25) is 0 Å². The van der Waals surface area contributed by atoms with Crippen LogP contribution in [0.25, 0.3) is 0 Å². The number of anilines is 1. The molecule has 0 spiro atoms. The third kappa shape index (κ3) is 2.96. The van der Waals surface area contributed by atoms with Crippen molar-refractivity contribution in [1.29, 1.82) is 0 Å². The maximum absolute atomic E-state index is 9.78. The Morgan fingerprint density at radius 2 is 2.12 bits per heavy atom. The number of rotatable bonds is 2. The zero-order chi connectivity index (χ0) is 12.3. The Balaban J connectivity index is 2.21. The number of aromatic nitrogens is 1. The second-order valence-electron chi connectivity index (χ2n) is 4.74. The van der Waals surface area contributed by atoms with Gasteiger partial charge in [0, 0.05) is 31.4 Å². The van der Waals surface area contributed by atoms with Gasteiger partial charge < -0.3 is 14.9 Å². The fourth-order valence-corrected chi connectivity index (χ4v) is 2.26. The molecule has 17 heavy (non-hydrogen) atoms. The molecule has 1 fully saturated rings. The summed E-state index contributed by atoms with van der Waals surface area (Å²) in [5.74, 6) is 0.942. The third-order valence-corrected chi connectivity index (χ3v) is 3.29. The molecule has 1 aliphatic heterocycles. The zero-order valence-corrected chi connectivity index (χ0v) is 10.6. The molecule has 1 saturated heterocycles. The van der Waals surface area contributed by atoms with Gasteiger partial charge in [0.2, 0.25) is 0 Å². The van der Waals surface area contributed by atoms with Crippen LogP contribution in [0, 0.1) is 0 Å². The van der Waals surface area contributed by atoms with Crippen LogP contribution < -0.4 is 4.90 Å². The summed E-state index contributed by atoms with van der Waals surface area (Å²) in [6.45, 7) is 5.97. The van der Waals surface area contributed by atoms with Crippen molar-refractivity contribution in [1.82, 2.24) is 9.88 Å². The Kier molecular flexibility index (Phi) is 3.97. The van der Waals surface area contributed by atoms with E-state index < -0.39 is 6.10 Å². The maximum Gasteiger partial charge on any atom is 0.134 e. The highest BCUT2D eigenvalue weighted by Gasteiger charge is 2.18. The van der Waals surface area contributed by atoms with Crippen molar-refractivity contribution in [2.45, 2.75) is 19.4 Å². The fraction of sp³-hybridized carbons (Fsp3) is 0.615. The largest absolute Gasteiger partial charge is 0.389 e. The number of aliphatic hydroxyl groups excluding tert-OH is 1. The molecule has 0 aromatic carbocycles. The minimum absolute atomic E-state index is 0.459. The van der Waals surface area contributed by atoms with Gasteiger partial charge in [-0.05, 0) is 33.0 Å². The first-order chi connectivity index (χ1) is 8.18. The van der Waals surface area contributed by atoms with Crippen LogP contribution in [-0.4, -0.2) is 48.2 Å². The minimum atomic E-state index is -0.459. The quantitative estimate of drug-likeness (QED) is 0.838. The molecule has 2 heterocycles. The summed E-state index contributed by atoms with van der Waals surface area (Å²) in [6, 6.07) is 3.84. The lowest BCUT2D eigenvalue weighted by molar-refractivity contribution is 0.199. The van der Waals surface area contributed by atoms with Crippen molar-refractivity contribution in [3.8, 4) is 0 Å². The maximum atomic E-state index is 9.78. The van der Waals surface area contributed by atoms with E-state index in [0.717, 1.165) is 44.0 Å². The molecule has 0 aliphatic carbocycles. The van der Waals surface area contributed by atoms with Gasteiger partial charge in [0.15, 0.2) is 0 Å². The lowest BCUT2D eigenvalue weighted by atomic mass is 10.1. The van der Waals surface area contributed by atoms with E-state index in [-0.39, 0.29) is 0 Å². The molecule has 0 amide bonds. The molecule has 0 bridgehead atoms. The number of nitrogens with zero attached hydrogens (tertiary/aromatic N) is 3. The molecule has 4 heteroatoms. The van der Waals surface area contributed by atoms with Gasteiger partial charge in [0.1, 0.15) is 5.82 Å². The summed E-state index contributed by atoms with van der Waals surface area (Å²) >= 11 is 0. The monoisotopic (exact) mass is 235 g/mol. The lowest BCUT2D eigenvalue weighted by Crippen LogP contribution is -2.30.